The van der Waals surface area contributed by atoms with Gasteiger partial charge in [-0.1, -0.05) is 65.2 Å². The van der Waals surface area contributed by atoms with Crippen molar-refractivity contribution in [2.45, 2.75) is 66.2 Å². The molecule has 2 fully saturated rings. The molecule has 1 aromatic rings. The second-order valence-electron chi connectivity index (χ2n) is 7.50. The molecular weight excluding hydrogens is 330 g/mol. The summed E-state index contributed by atoms with van der Waals surface area (Å²) >= 11 is 0. The van der Waals surface area contributed by atoms with Crippen molar-refractivity contribution in [1.82, 2.24) is 10.2 Å². The van der Waals surface area contributed by atoms with Crippen LogP contribution in [0, 0.1) is 5.92 Å². The van der Waals surface area contributed by atoms with Gasteiger partial charge in [0.1, 0.15) is 0 Å². The van der Waals surface area contributed by atoms with Gasteiger partial charge in [-0.25, -0.2) is 0 Å². The summed E-state index contributed by atoms with van der Waals surface area (Å²) in [6.07, 6.45) is 8.19. The van der Waals surface area contributed by atoms with Crippen molar-refractivity contribution < 1.29 is 0 Å². The lowest BCUT2D eigenvalue weighted by molar-refractivity contribution is 0.215. The highest BCUT2D eigenvalue weighted by Gasteiger charge is 2.20. The first-order valence-electron chi connectivity index (χ1n) is 11.6. The van der Waals surface area contributed by atoms with E-state index in [9.17, 15) is 0 Å². The zero-order chi connectivity index (χ0) is 19.7. The van der Waals surface area contributed by atoms with Crippen molar-refractivity contribution in [3.05, 3.63) is 30.3 Å². The van der Waals surface area contributed by atoms with Crippen molar-refractivity contribution in [3.63, 3.8) is 0 Å². The molecule has 0 radical (unpaired) electrons. The first-order valence-corrected chi connectivity index (χ1v) is 11.6. The Morgan fingerprint density at radius 2 is 1.48 bits per heavy atom. The summed E-state index contributed by atoms with van der Waals surface area (Å²) in [4.78, 5) is 5.17. The van der Waals surface area contributed by atoms with E-state index >= 15 is 0 Å². The van der Waals surface area contributed by atoms with Crippen LogP contribution in [0.3, 0.4) is 0 Å². The number of piperazine rings is 1. The van der Waals surface area contributed by atoms with Crippen molar-refractivity contribution in [2.75, 3.05) is 50.7 Å². The number of hydrogen-bond acceptors (Lipinski definition) is 3. The molecule has 27 heavy (non-hydrogen) atoms. The molecule has 3 nitrogen and oxygen atoms in total. The minimum absolute atomic E-state index is 0.935. The lowest BCUT2D eigenvalue weighted by Crippen LogP contribution is -2.44. The Labute approximate surface area is 169 Å². The Morgan fingerprint density at radius 1 is 0.889 bits per heavy atom. The van der Waals surface area contributed by atoms with Gasteiger partial charge in [-0.3, -0.25) is 0 Å². The summed E-state index contributed by atoms with van der Waals surface area (Å²) in [7, 11) is 0. The average molecular weight is 376 g/mol. The molecule has 1 aromatic carbocycles. The van der Waals surface area contributed by atoms with Gasteiger partial charge in [-0.15, -0.1) is 0 Å². The van der Waals surface area contributed by atoms with Crippen LogP contribution in [-0.4, -0.2) is 50.7 Å². The molecule has 0 bridgehead atoms. The van der Waals surface area contributed by atoms with Crippen LogP contribution in [0.5, 0.6) is 0 Å². The molecule has 2 heterocycles. The monoisotopic (exact) mass is 375 g/mol. The third kappa shape index (κ3) is 10.2. The number of unbranched alkanes of at least 4 members (excludes halogenated alkanes) is 2. The van der Waals surface area contributed by atoms with E-state index in [4.69, 9.17) is 0 Å². The lowest BCUT2D eigenvalue weighted by Gasteiger charge is -2.35. The first-order chi connectivity index (χ1) is 13.3. The van der Waals surface area contributed by atoms with E-state index in [2.05, 4.69) is 59.3 Å². The quantitative estimate of drug-likeness (QED) is 0.716. The van der Waals surface area contributed by atoms with E-state index < -0.39 is 0 Å². The summed E-state index contributed by atoms with van der Waals surface area (Å²) in [5.41, 5.74) is 1.40. The van der Waals surface area contributed by atoms with Crippen molar-refractivity contribution in [1.29, 1.82) is 0 Å². The summed E-state index contributed by atoms with van der Waals surface area (Å²) in [6, 6.07) is 10.9. The van der Waals surface area contributed by atoms with Crippen LogP contribution in [0.4, 0.5) is 5.69 Å². The predicted octanol–water partition coefficient (Wildman–Crippen LogP) is 5.42. The van der Waals surface area contributed by atoms with E-state index in [1.165, 1.54) is 90.0 Å². The minimum Gasteiger partial charge on any atom is -0.372 e. The molecule has 2 aliphatic rings. The van der Waals surface area contributed by atoms with Gasteiger partial charge in [0.25, 0.3) is 0 Å². The SMILES string of the molecule is CC.CCCCC.c1ccc(N2CCC(CCN3CCNCC3)CC2)cc1. The summed E-state index contributed by atoms with van der Waals surface area (Å²) in [5.74, 6) is 0.935. The van der Waals surface area contributed by atoms with E-state index in [1.807, 2.05) is 13.8 Å². The van der Waals surface area contributed by atoms with Gasteiger partial charge in [0.2, 0.25) is 0 Å². The second-order valence-corrected chi connectivity index (χ2v) is 7.50. The van der Waals surface area contributed by atoms with Crippen molar-refractivity contribution in [2.24, 2.45) is 5.92 Å². The Hall–Kier alpha value is -1.06. The van der Waals surface area contributed by atoms with E-state index in [0.29, 0.717) is 0 Å². The number of rotatable bonds is 6. The molecule has 0 aromatic heterocycles. The molecule has 0 amide bonds. The zero-order valence-corrected chi connectivity index (χ0v) is 18.6. The number of benzene rings is 1. The van der Waals surface area contributed by atoms with Gasteiger partial charge < -0.3 is 15.1 Å². The molecule has 2 aliphatic heterocycles. The maximum absolute atomic E-state index is 3.43. The first kappa shape index (κ1) is 24.0. The molecule has 3 rings (SSSR count). The third-order valence-corrected chi connectivity index (χ3v) is 5.51. The Kier molecular flexibility index (Phi) is 14.2. The van der Waals surface area contributed by atoms with E-state index in [1.54, 1.807) is 0 Å². The smallest absolute Gasteiger partial charge is 0.0366 e. The van der Waals surface area contributed by atoms with Crippen molar-refractivity contribution in [3.8, 4) is 0 Å². The van der Waals surface area contributed by atoms with Crippen LogP contribution in [0.2, 0.25) is 0 Å². The number of piperidine rings is 1. The normalized spacial score (nSPS) is 18.1. The fraction of sp³-hybridized carbons (Fsp3) is 0.750. The third-order valence-electron chi connectivity index (χ3n) is 5.51. The standard InChI is InChI=1S/C17H27N3.C5H12.C2H6/c1-2-4-17(5-3-1)20-12-7-16(8-13-20)6-11-19-14-9-18-10-15-19;1-3-5-4-2;1-2/h1-5,16,18H,6-15H2;3-5H2,1-2H3;1-2H3. The highest BCUT2D eigenvalue weighted by Crippen LogP contribution is 2.25. The Balaban J connectivity index is 0.000000454. The number of anilines is 1. The summed E-state index contributed by atoms with van der Waals surface area (Å²) < 4.78 is 0. The minimum atomic E-state index is 0.935. The number of nitrogens with zero attached hydrogens (tertiary/aromatic N) is 2. The van der Waals surface area contributed by atoms with Gasteiger partial charge in [-0.2, -0.15) is 0 Å². The van der Waals surface area contributed by atoms with Gasteiger partial charge in [0.05, 0.1) is 0 Å². The molecular formula is C24H45N3. The lowest BCUT2D eigenvalue weighted by atomic mass is 9.93. The molecule has 1 N–H and O–H groups in total. The highest BCUT2D eigenvalue weighted by atomic mass is 15.2. The molecule has 0 spiro atoms. The summed E-state index contributed by atoms with van der Waals surface area (Å²) in [6.45, 7) is 17.0. The van der Waals surface area contributed by atoms with Crippen LogP contribution in [-0.2, 0) is 0 Å². The zero-order valence-electron chi connectivity index (χ0n) is 18.6. The molecule has 3 heteroatoms. The molecule has 2 saturated heterocycles. The maximum Gasteiger partial charge on any atom is 0.0366 e. The van der Waals surface area contributed by atoms with Gasteiger partial charge in [-0.05, 0) is 43.9 Å². The van der Waals surface area contributed by atoms with Crippen molar-refractivity contribution >= 4 is 5.69 Å². The van der Waals surface area contributed by atoms with Crippen LogP contribution < -0.4 is 10.2 Å². The Bertz CT molecular complexity index is 419. The summed E-state index contributed by atoms with van der Waals surface area (Å²) in [5, 5.41) is 3.43. The van der Waals surface area contributed by atoms with Crippen LogP contribution in [0.15, 0.2) is 30.3 Å². The molecule has 0 atom stereocenters. The average Bonchev–Trinajstić information content (AvgIpc) is 2.76. The molecule has 0 saturated carbocycles. The van der Waals surface area contributed by atoms with Crippen LogP contribution >= 0.6 is 0 Å². The number of nitrogens with one attached hydrogen (secondary N) is 1. The van der Waals surface area contributed by atoms with Gasteiger partial charge in [0, 0.05) is 45.0 Å². The van der Waals surface area contributed by atoms with Crippen LogP contribution in [0.25, 0.3) is 0 Å². The fourth-order valence-electron chi connectivity index (χ4n) is 3.77. The van der Waals surface area contributed by atoms with Crippen LogP contribution in [0.1, 0.15) is 66.2 Å². The molecule has 156 valence electrons. The van der Waals surface area contributed by atoms with E-state index in [-0.39, 0.29) is 0 Å². The predicted molar refractivity (Wildman–Crippen MR) is 122 cm³/mol. The van der Waals surface area contributed by atoms with Gasteiger partial charge in [0.15, 0.2) is 0 Å². The highest BCUT2D eigenvalue weighted by molar-refractivity contribution is 5.46. The molecule has 0 unspecified atom stereocenters. The Morgan fingerprint density at radius 3 is 2.00 bits per heavy atom. The number of para-hydroxylation sites is 1. The largest absolute Gasteiger partial charge is 0.372 e. The maximum atomic E-state index is 3.43. The van der Waals surface area contributed by atoms with Gasteiger partial charge >= 0.3 is 0 Å². The number of hydrogen-bond donors (Lipinski definition) is 1. The fourth-order valence-corrected chi connectivity index (χ4v) is 3.77. The second kappa shape index (κ2) is 15.9. The molecule has 0 aliphatic carbocycles. The van der Waals surface area contributed by atoms with E-state index in [0.717, 1.165) is 5.92 Å². The topological polar surface area (TPSA) is 18.5 Å².